The number of fused-ring (bicyclic) bond motifs is 1. The third-order valence-electron chi connectivity index (χ3n) is 8.25. The standard InChI is InChI=1S/C33H44N4O4S/c1-2-34-27-20-26(21-28(22-27)37-17-8-9-18-42(37,40)41)33(39)36-31(19-24-11-4-3-5-12-24)32(38)23-35-30-16-10-14-25-13-6-7-15-29(25)30/h3-7,11-13,15,20-22,30-32,34-35,38,40-41H,2,8-10,14,16-19,23H2,1H3,(H,36,39). The first-order valence-electron chi connectivity index (χ1n) is 15.1. The minimum absolute atomic E-state index is 0.168. The van der Waals surface area contributed by atoms with Gasteiger partial charge in [-0.05, 0) is 80.3 Å². The molecule has 6 N–H and O–H groups in total. The second-order valence-electron chi connectivity index (χ2n) is 11.3. The Hall–Kier alpha value is -3.08. The number of aryl methyl sites for hydroxylation is 1. The number of amides is 1. The lowest BCUT2D eigenvalue weighted by Crippen LogP contribution is -2.49. The van der Waals surface area contributed by atoms with Crippen molar-refractivity contribution in [1.82, 2.24) is 10.6 Å². The summed E-state index contributed by atoms with van der Waals surface area (Å²) < 4.78 is 23.1. The van der Waals surface area contributed by atoms with Crippen LogP contribution in [0.25, 0.3) is 0 Å². The summed E-state index contributed by atoms with van der Waals surface area (Å²) in [7, 11) is -2.94. The Kier molecular flexibility index (Phi) is 10.1. The van der Waals surface area contributed by atoms with E-state index in [1.54, 1.807) is 16.4 Å². The SMILES string of the molecule is CCNc1cc(C(=O)NC(Cc2ccccc2)C(O)CNC2CCCc3ccccc32)cc(N2CCCCS2(O)O)c1. The van der Waals surface area contributed by atoms with Crippen LogP contribution < -0.4 is 20.3 Å². The molecule has 0 radical (unpaired) electrons. The van der Waals surface area contributed by atoms with Crippen molar-refractivity contribution in [1.29, 1.82) is 0 Å². The number of anilines is 2. The number of aliphatic hydroxyl groups excluding tert-OH is 1. The Bertz CT molecular complexity index is 1340. The fourth-order valence-electron chi connectivity index (χ4n) is 6.07. The lowest BCUT2D eigenvalue weighted by atomic mass is 9.87. The molecule has 3 unspecified atom stereocenters. The van der Waals surface area contributed by atoms with Crippen LogP contribution in [-0.4, -0.2) is 57.7 Å². The zero-order valence-corrected chi connectivity index (χ0v) is 25.2. The van der Waals surface area contributed by atoms with Crippen molar-refractivity contribution in [2.75, 3.05) is 35.0 Å². The van der Waals surface area contributed by atoms with Gasteiger partial charge in [-0.25, -0.2) is 0 Å². The number of benzene rings is 3. The molecule has 8 nitrogen and oxygen atoms in total. The summed E-state index contributed by atoms with van der Waals surface area (Å²) in [6.07, 6.45) is 4.45. The van der Waals surface area contributed by atoms with Crippen molar-refractivity contribution in [2.24, 2.45) is 0 Å². The molecule has 0 aromatic heterocycles. The number of hydrogen-bond acceptors (Lipinski definition) is 7. The van der Waals surface area contributed by atoms with E-state index < -0.39 is 22.9 Å². The van der Waals surface area contributed by atoms with Gasteiger partial charge in [0.15, 0.2) is 0 Å². The molecule has 9 heteroatoms. The highest BCUT2D eigenvalue weighted by Crippen LogP contribution is 2.50. The van der Waals surface area contributed by atoms with E-state index in [0.29, 0.717) is 43.1 Å². The number of nitrogens with one attached hydrogen (secondary N) is 3. The number of hydrogen-bond donors (Lipinski definition) is 6. The number of rotatable bonds is 11. The van der Waals surface area contributed by atoms with E-state index in [9.17, 15) is 19.0 Å². The first kappa shape index (κ1) is 30.4. The number of aliphatic hydroxyl groups is 1. The average Bonchev–Trinajstić information content (AvgIpc) is 2.99. The van der Waals surface area contributed by atoms with Gasteiger partial charge < -0.3 is 21.1 Å². The summed E-state index contributed by atoms with van der Waals surface area (Å²) in [4.78, 5) is 13.8. The van der Waals surface area contributed by atoms with Crippen molar-refractivity contribution in [2.45, 2.75) is 63.6 Å². The highest BCUT2D eigenvalue weighted by Gasteiger charge is 2.29. The molecular weight excluding hydrogens is 548 g/mol. The van der Waals surface area contributed by atoms with Crippen LogP contribution in [0.1, 0.15) is 65.7 Å². The first-order chi connectivity index (χ1) is 20.3. The quantitative estimate of drug-likeness (QED) is 0.168. The van der Waals surface area contributed by atoms with Crippen LogP contribution in [0.5, 0.6) is 0 Å². The number of nitrogens with zero attached hydrogens (tertiary/aromatic N) is 1. The molecule has 42 heavy (non-hydrogen) atoms. The van der Waals surface area contributed by atoms with Crippen molar-refractivity contribution < 1.29 is 19.0 Å². The van der Waals surface area contributed by atoms with Gasteiger partial charge in [-0.3, -0.25) is 18.2 Å². The molecule has 3 aromatic carbocycles. The fraction of sp³-hybridized carbons (Fsp3) is 0.424. The lowest BCUT2D eigenvalue weighted by Gasteiger charge is -2.47. The maximum Gasteiger partial charge on any atom is 0.251 e. The molecule has 0 saturated carbocycles. The largest absolute Gasteiger partial charge is 0.390 e. The maximum atomic E-state index is 13.8. The Labute approximate surface area is 251 Å². The van der Waals surface area contributed by atoms with Gasteiger partial charge in [-0.15, -0.1) is 10.8 Å². The predicted octanol–water partition coefficient (Wildman–Crippen LogP) is 5.75. The minimum atomic E-state index is -2.94. The van der Waals surface area contributed by atoms with Gasteiger partial charge in [0.2, 0.25) is 0 Å². The van der Waals surface area contributed by atoms with Crippen molar-refractivity contribution in [3.05, 3.63) is 95.1 Å². The maximum absolute atomic E-state index is 13.8. The van der Waals surface area contributed by atoms with Crippen LogP contribution in [0, 0.1) is 0 Å². The first-order valence-corrected chi connectivity index (χ1v) is 16.8. The Balaban J connectivity index is 1.35. The number of carbonyl (C=O) groups excluding carboxylic acids is 1. The summed E-state index contributed by atoms with van der Waals surface area (Å²) >= 11 is 0. The summed E-state index contributed by atoms with van der Waals surface area (Å²) in [5.41, 5.74) is 5.41. The highest BCUT2D eigenvalue weighted by atomic mass is 32.3. The van der Waals surface area contributed by atoms with Crippen LogP contribution in [0.3, 0.4) is 0 Å². The molecular formula is C33H44N4O4S. The smallest absolute Gasteiger partial charge is 0.251 e. The third kappa shape index (κ3) is 7.46. The molecule has 1 aliphatic heterocycles. The van der Waals surface area contributed by atoms with Crippen molar-refractivity contribution in [3.63, 3.8) is 0 Å². The molecule has 1 amide bonds. The molecule has 226 valence electrons. The highest BCUT2D eigenvalue weighted by molar-refractivity contribution is 8.25. The zero-order chi connectivity index (χ0) is 29.5. The van der Waals surface area contributed by atoms with Crippen molar-refractivity contribution >= 4 is 28.1 Å². The van der Waals surface area contributed by atoms with E-state index in [-0.39, 0.29) is 11.9 Å². The van der Waals surface area contributed by atoms with E-state index in [2.05, 4.69) is 40.2 Å². The monoisotopic (exact) mass is 592 g/mol. The molecule has 5 rings (SSSR count). The topological polar surface area (TPSA) is 117 Å². The van der Waals surface area contributed by atoms with Crippen LogP contribution in [0.15, 0.2) is 72.8 Å². The van der Waals surface area contributed by atoms with Gasteiger partial charge in [0.25, 0.3) is 5.91 Å². The molecule has 1 heterocycles. The normalized spacial score (nSPS) is 20.2. The molecule has 1 saturated heterocycles. The van der Waals surface area contributed by atoms with Crippen molar-refractivity contribution in [3.8, 4) is 0 Å². The minimum Gasteiger partial charge on any atom is -0.390 e. The fourth-order valence-corrected chi connectivity index (χ4v) is 7.75. The Morgan fingerprint density at radius 2 is 1.81 bits per heavy atom. The van der Waals surface area contributed by atoms with Gasteiger partial charge in [-0.2, -0.15) is 0 Å². The van der Waals surface area contributed by atoms with Crippen LogP contribution in [0.4, 0.5) is 11.4 Å². The molecule has 1 fully saturated rings. The molecule has 2 aliphatic rings. The average molecular weight is 593 g/mol. The zero-order valence-electron chi connectivity index (χ0n) is 24.3. The third-order valence-corrected chi connectivity index (χ3v) is 10.2. The van der Waals surface area contributed by atoms with Crippen LogP contribution in [-0.2, 0) is 12.8 Å². The molecule has 0 bridgehead atoms. The predicted molar refractivity (Wildman–Crippen MR) is 172 cm³/mol. The molecule has 0 spiro atoms. The molecule has 1 aliphatic carbocycles. The lowest BCUT2D eigenvalue weighted by molar-refractivity contribution is 0.0823. The Morgan fingerprint density at radius 3 is 2.60 bits per heavy atom. The number of carbonyl (C=O) groups is 1. The molecule has 3 atom stereocenters. The summed E-state index contributed by atoms with van der Waals surface area (Å²) in [6, 6.07) is 23.3. The van der Waals surface area contributed by atoms with Crippen LogP contribution in [0.2, 0.25) is 0 Å². The summed E-state index contributed by atoms with van der Waals surface area (Å²) in [5, 5.41) is 21.4. The van der Waals surface area contributed by atoms with Gasteiger partial charge in [0.05, 0.1) is 23.6 Å². The van der Waals surface area contributed by atoms with Gasteiger partial charge in [0, 0.05) is 36.9 Å². The van der Waals surface area contributed by atoms with Gasteiger partial charge >= 0.3 is 0 Å². The van der Waals surface area contributed by atoms with E-state index in [0.717, 1.165) is 43.4 Å². The van der Waals surface area contributed by atoms with E-state index in [1.807, 2.05) is 43.3 Å². The summed E-state index contributed by atoms with van der Waals surface area (Å²) in [5.74, 6) is 0.0107. The van der Waals surface area contributed by atoms with Gasteiger partial charge in [0.1, 0.15) is 0 Å². The van der Waals surface area contributed by atoms with Crippen LogP contribution >= 0.6 is 10.8 Å². The second-order valence-corrected chi connectivity index (χ2v) is 13.4. The Morgan fingerprint density at radius 1 is 1.02 bits per heavy atom. The van der Waals surface area contributed by atoms with E-state index in [1.165, 1.54) is 11.1 Å². The van der Waals surface area contributed by atoms with E-state index in [4.69, 9.17) is 0 Å². The van der Waals surface area contributed by atoms with Gasteiger partial charge in [-0.1, -0.05) is 54.6 Å². The summed E-state index contributed by atoms with van der Waals surface area (Å²) in [6.45, 7) is 3.50. The molecule has 3 aromatic rings. The second kappa shape index (κ2) is 13.9. The van der Waals surface area contributed by atoms with E-state index >= 15 is 0 Å².